The van der Waals surface area contributed by atoms with Gasteiger partial charge in [0, 0.05) is 51.6 Å². The van der Waals surface area contributed by atoms with E-state index in [-0.39, 0.29) is 52.5 Å². The lowest BCUT2D eigenvalue weighted by Crippen LogP contribution is -2.34. The van der Waals surface area contributed by atoms with E-state index in [2.05, 4.69) is 51.8 Å². The second-order valence-corrected chi connectivity index (χ2v) is 26.6. The molecule has 2 aliphatic rings. The molecule has 14 aromatic carbocycles. The van der Waals surface area contributed by atoms with E-state index in [1.165, 1.54) is 77.0 Å². The summed E-state index contributed by atoms with van der Waals surface area (Å²) in [5.41, 5.74) is 6.73. The Morgan fingerprint density at radius 2 is 0.737 bits per heavy atom. The normalized spacial score (nSPS) is 12.2. The summed E-state index contributed by atoms with van der Waals surface area (Å²) in [7, 11) is 6.14. The fourth-order valence-corrected chi connectivity index (χ4v) is 14.0. The number of phenols is 2. The number of phenolic OH excluding ortho intramolecular Hbond substituents is 2. The minimum absolute atomic E-state index is 0.0450. The van der Waals surface area contributed by atoms with Gasteiger partial charge in [-0.15, -0.1) is 6.42 Å². The maximum Gasteiger partial charge on any atom is 0.338 e. The molecule has 16 rings (SSSR count). The Morgan fingerprint density at radius 1 is 0.381 bits per heavy atom. The number of aliphatic hydroxyl groups excluding tert-OH is 3. The van der Waals surface area contributed by atoms with Crippen LogP contribution >= 0.6 is 0 Å². The van der Waals surface area contributed by atoms with Gasteiger partial charge < -0.3 is 69.3 Å². The van der Waals surface area contributed by atoms with Crippen LogP contribution in [-0.2, 0) is 49.0 Å². The van der Waals surface area contributed by atoms with Gasteiger partial charge in [-0.2, -0.15) is 0 Å². The monoisotopic (exact) mass is 1580 g/mol. The van der Waals surface area contributed by atoms with E-state index in [1.54, 1.807) is 18.2 Å². The number of hydrogen-bond donors (Lipinski definition) is 8. The molecule has 0 aromatic heterocycles. The van der Waals surface area contributed by atoms with Gasteiger partial charge in [0.25, 0.3) is 0 Å². The summed E-state index contributed by atoms with van der Waals surface area (Å²) >= 11 is 0. The largest absolute Gasteiger partial charge is 0.508 e. The number of aromatic hydroxyl groups is 2. The Kier molecular flexibility index (Phi) is 26.9. The second kappa shape index (κ2) is 37.8. The average molecular weight is 1580 g/mol. The van der Waals surface area contributed by atoms with Crippen LogP contribution in [-0.4, -0.2) is 112 Å². The molecule has 14 aromatic rings. The topological polar surface area (TPSA) is 320 Å². The van der Waals surface area contributed by atoms with Gasteiger partial charge in [-0.1, -0.05) is 200 Å². The number of carbonyl (C=O) groups excluding carboxylic acids is 4. The number of rotatable bonds is 14. The maximum absolute atomic E-state index is 12.5. The molecule has 8 N–H and O–H groups in total. The molecule has 0 amide bonds. The van der Waals surface area contributed by atoms with Crippen LogP contribution in [0.15, 0.2) is 303 Å². The van der Waals surface area contributed by atoms with Crippen LogP contribution < -0.4 is 9.47 Å². The number of esters is 4. The Hall–Kier alpha value is -15.0. The molecule has 118 heavy (non-hydrogen) atoms. The summed E-state index contributed by atoms with van der Waals surface area (Å²) in [6, 6.07) is 87.7. The van der Waals surface area contributed by atoms with E-state index < -0.39 is 52.6 Å². The van der Waals surface area contributed by atoms with E-state index in [1.807, 2.05) is 206 Å². The molecular formula is C98H80O20. The first kappa shape index (κ1) is 83.9. The van der Waals surface area contributed by atoms with Crippen LogP contribution in [0.2, 0.25) is 0 Å². The summed E-state index contributed by atoms with van der Waals surface area (Å²) in [6.45, 7) is -0.152. The SMILES string of the molecule is C#CC(O)(c1ccccc1)c1ccccc1.CO.COC(=O)c1cc(C(=O)OC)c2ccc(O)cc2c1.COC(=O)c1cc(C(=O)OC)c2ccc3c(c2c1)C=CC(c1ccccc1)(c1ccccc1)O3.O=C(O)c1cc(C(=O)O)c2ccc(O)cc2c1.OCc1cc(CO)c2ccc3c(c2c1)C=CC(c1ccccc1)(c1ccccc1)O3. The number of terminal acetylenes is 1. The highest BCUT2D eigenvalue weighted by atomic mass is 16.5. The van der Waals surface area contributed by atoms with Crippen molar-refractivity contribution in [2.24, 2.45) is 0 Å². The zero-order chi connectivity index (χ0) is 84.3. The number of fused-ring (bicyclic) bond motifs is 8. The molecule has 2 aliphatic heterocycles. The molecule has 0 radical (unpaired) electrons. The number of hydrogen-bond acceptors (Lipinski definition) is 18. The summed E-state index contributed by atoms with van der Waals surface area (Å²) < 4.78 is 32.7. The third-order valence-corrected chi connectivity index (χ3v) is 19.7. The van der Waals surface area contributed by atoms with Gasteiger partial charge in [0.1, 0.15) is 23.0 Å². The van der Waals surface area contributed by atoms with Gasteiger partial charge in [-0.3, -0.25) is 0 Å². The van der Waals surface area contributed by atoms with Crippen LogP contribution in [0.4, 0.5) is 0 Å². The average Bonchev–Trinajstić information content (AvgIpc) is 0.738. The number of carbonyl (C=O) groups is 6. The molecule has 0 atom stereocenters. The number of ether oxygens (including phenoxy) is 6. The van der Waals surface area contributed by atoms with E-state index >= 15 is 0 Å². The van der Waals surface area contributed by atoms with E-state index in [9.17, 15) is 54.3 Å². The smallest absolute Gasteiger partial charge is 0.338 e. The van der Waals surface area contributed by atoms with Crippen molar-refractivity contribution in [1.82, 2.24) is 0 Å². The Bertz CT molecular complexity index is 6000. The predicted octanol–water partition coefficient (Wildman–Crippen LogP) is 17.2. The fourth-order valence-electron chi connectivity index (χ4n) is 14.0. The number of aromatic carboxylic acids is 2. The van der Waals surface area contributed by atoms with Crippen molar-refractivity contribution >= 4 is 91.1 Å². The molecule has 20 heteroatoms. The highest BCUT2D eigenvalue weighted by molar-refractivity contribution is 6.12. The van der Waals surface area contributed by atoms with Crippen molar-refractivity contribution in [2.45, 2.75) is 30.0 Å². The zero-order valence-corrected chi connectivity index (χ0v) is 64.5. The van der Waals surface area contributed by atoms with Gasteiger partial charge in [0.05, 0.1) is 75.0 Å². The van der Waals surface area contributed by atoms with Crippen LogP contribution in [0.1, 0.15) is 118 Å². The first-order chi connectivity index (χ1) is 57.1. The van der Waals surface area contributed by atoms with Crippen LogP contribution in [0.25, 0.3) is 55.2 Å². The summed E-state index contributed by atoms with van der Waals surface area (Å²) in [6.07, 6.45) is 13.7. The summed E-state index contributed by atoms with van der Waals surface area (Å²) in [4.78, 5) is 70.0. The molecule has 0 saturated carbocycles. The molecule has 0 unspecified atom stereocenters. The molecule has 2 heterocycles. The van der Waals surface area contributed by atoms with Crippen molar-refractivity contribution < 1.29 is 98.0 Å². The van der Waals surface area contributed by atoms with Crippen molar-refractivity contribution in [3.8, 4) is 35.3 Å². The maximum atomic E-state index is 12.5. The first-order valence-electron chi connectivity index (χ1n) is 36.6. The molecule has 20 nitrogen and oxygen atoms in total. The third-order valence-electron chi connectivity index (χ3n) is 19.7. The second-order valence-electron chi connectivity index (χ2n) is 26.6. The lowest BCUT2D eigenvalue weighted by Gasteiger charge is -2.36. The molecule has 0 bridgehead atoms. The van der Waals surface area contributed by atoms with E-state index in [4.69, 9.17) is 40.7 Å². The molecule has 0 saturated heterocycles. The summed E-state index contributed by atoms with van der Waals surface area (Å²) in [5.74, 6) is -0.709. The molecule has 0 fully saturated rings. The standard InChI is InChI=1S/C29H22O5.C27H22O3.C15H12O.C14H12O5.C12H8O5.CH4O/c1-32-27(30)19-17-24-22(25(18-19)28(31)33-2)13-14-26-23(24)15-16-29(34-26,20-9-5-3-6-10-20)21-11-7-4-8-12-21;28-17-19-15-20(18-29)23-11-12-26-24(25(23)16-19)13-14-27(30-26,21-7-3-1-4-8-21)22-9-5-2-6-10-22;1-2-15(16,13-9-5-3-6-10-13)14-11-7-4-8-12-14;1-18-13(16)9-5-8-6-10(15)3-4-11(8)12(7-9)14(17)19-2;13-8-1-2-9-6(4-8)3-7(11(14)15)5-10(9)12(16)17;1-2/h3-18H,1-2H3;1-16,28-29H,17-18H2;1,3-12,16H;3-7,15H,1-2H3;1-5,13H,(H,14,15)(H,16,17);2H,1H3. The van der Waals surface area contributed by atoms with Crippen molar-refractivity contribution in [3.05, 3.63) is 392 Å². The minimum Gasteiger partial charge on any atom is -0.508 e. The molecular weight excluding hydrogens is 1500 g/mol. The number of benzene rings is 14. The van der Waals surface area contributed by atoms with Crippen LogP contribution in [0.5, 0.6) is 23.0 Å². The first-order valence-corrected chi connectivity index (χ1v) is 36.6. The Balaban J connectivity index is 0.000000149. The summed E-state index contributed by atoms with van der Waals surface area (Å²) in [5, 5.41) is 78.9. The van der Waals surface area contributed by atoms with Crippen molar-refractivity contribution in [2.75, 3.05) is 35.5 Å². The van der Waals surface area contributed by atoms with Crippen molar-refractivity contribution in [3.63, 3.8) is 0 Å². The van der Waals surface area contributed by atoms with Crippen LogP contribution in [0, 0.1) is 12.3 Å². The molecule has 0 spiro atoms. The number of carboxylic acid groups (broad SMARTS) is 2. The fraction of sp³-hybridized carbons (Fsp3) is 0.102. The van der Waals surface area contributed by atoms with E-state index in [0.29, 0.717) is 54.8 Å². The van der Waals surface area contributed by atoms with Gasteiger partial charge in [0.2, 0.25) is 0 Å². The minimum atomic E-state index is -1.34. The van der Waals surface area contributed by atoms with Gasteiger partial charge in [0.15, 0.2) is 16.8 Å². The zero-order valence-electron chi connectivity index (χ0n) is 64.5. The van der Waals surface area contributed by atoms with Crippen molar-refractivity contribution in [1.29, 1.82) is 0 Å². The van der Waals surface area contributed by atoms with E-state index in [0.717, 1.165) is 74.2 Å². The van der Waals surface area contributed by atoms with Gasteiger partial charge >= 0.3 is 35.8 Å². The van der Waals surface area contributed by atoms with Crippen LogP contribution in [0.3, 0.4) is 0 Å². The Morgan fingerprint density at radius 3 is 1.12 bits per heavy atom. The van der Waals surface area contributed by atoms with Gasteiger partial charge in [-0.25, -0.2) is 28.8 Å². The number of aliphatic hydroxyl groups is 4. The Labute approximate surface area is 678 Å². The quantitative estimate of drug-likeness (QED) is 0.0285. The predicted molar refractivity (Wildman–Crippen MR) is 450 cm³/mol. The molecule has 592 valence electrons. The molecule has 0 aliphatic carbocycles. The van der Waals surface area contributed by atoms with Gasteiger partial charge in [-0.05, 0) is 176 Å². The highest BCUT2D eigenvalue weighted by Gasteiger charge is 2.39. The third kappa shape index (κ3) is 17.8. The highest BCUT2D eigenvalue weighted by Crippen LogP contribution is 2.47. The lowest BCUT2D eigenvalue weighted by atomic mass is 9.83. The number of methoxy groups -OCH3 is 4. The lowest BCUT2D eigenvalue weighted by molar-refractivity contribution is 0.0583. The number of carboxylic acids is 2.